The molecule has 1 saturated carbocycles. The summed E-state index contributed by atoms with van der Waals surface area (Å²) >= 11 is 6.06. The van der Waals surface area contributed by atoms with E-state index in [2.05, 4.69) is 23.5 Å². The van der Waals surface area contributed by atoms with Crippen molar-refractivity contribution < 1.29 is 0 Å². The van der Waals surface area contributed by atoms with Crippen LogP contribution in [0.3, 0.4) is 0 Å². The molecule has 1 aromatic rings. The summed E-state index contributed by atoms with van der Waals surface area (Å²) in [6.45, 7) is 0. The highest BCUT2D eigenvalue weighted by Gasteiger charge is 2.45. The molecule has 4 rings (SSSR count). The van der Waals surface area contributed by atoms with Crippen LogP contribution in [0, 0.1) is 0 Å². The lowest BCUT2D eigenvalue weighted by Crippen LogP contribution is -2.59. The van der Waals surface area contributed by atoms with Crippen LogP contribution >= 0.6 is 11.6 Å². The standard InChI is InChI=1S/C13H16ClN/c14-11-5-3-4-10(8-11)13-7-2-1-6-12(9-13)15-13/h3-5,8,12,15H,1-2,6-7,9H2. The summed E-state index contributed by atoms with van der Waals surface area (Å²) in [5.74, 6) is 0. The third-order valence-electron chi connectivity index (χ3n) is 3.86. The monoisotopic (exact) mass is 221 g/mol. The molecule has 1 N–H and O–H groups in total. The minimum atomic E-state index is 0.256. The molecule has 3 aliphatic rings. The van der Waals surface area contributed by atoms with E-state index in [1.807, 2.05) is 6.07 Å². The van der Waals surface area contributed by atoms with E-state index in [0.29, 0.717) is 0 Å². The Morgan fingerprint density at radius 3 is 3.00 bits per heavy atom. The molecule has 80 valence electrons. The molecule has 2 bridgehead atoms. The summed E-state index contributed by atoms with van der Waals surface area (Å²) in [5, 5.41) is 4.60. The summed E-state index contributed by atoms with van der Waals surface area (Å²) in [6, 6.07) is 9.10. The molecule has 3 fully saturated rings. The second kappa shape index (κ2) is 3.50. The molecular formula is C13H16ClN. The van der Waals surface area contributed by atoms with Gasteiger partial charge in [-0.3, -0.25) is 0 Å². The van der Waals surface area contributed by atoms with Crippen LogP contribution in [0.15, 0.2) is 24.3 Å². The maximum absolute atomic E-state index is 6.06. The molecular weight excluding hydrogens is 206 g/mol. The molecule has 2 heterocycles. The van der Waals surface area contributed by atoms with Gasteiger partial charge in [-0.25, -0.2) is 0 Å². The molecule has 2 atom stereocenters. The molecule has 1 aromatic carbocycles. The zero-order valence-corrected chi connectivity index (χ0v) is 9.56. The van der Waals surface area contributed by atoms with Gasteiger partial charge in [0.15, 0.2) is 0 Å². The highest BCUT2D eigenvalue weighted by atomic mass is 35.5. The van der Waals surface area contributed by atoms with E-state index in [9.17, 15) is 0 Å². The second-order valence-corrected chi connectivity index (χ2v) is 5.32. The molecule has 0 spiro atoms. The Hall–Kier alpha value is -0.530. The van der Waals surface area contributed by atoms with Crippen LogP contribution in [-0.4, -0.2) is 6.04 Å². The first kappa shape index (κ1) is 9.68. The first-order valence-electron chi connectivity index (χ1n) is 5.82. The van der Waals surface area contributed by atoms with E-state index in [-0.39, 0.29) is 5.54 Å². The average Bonchev–Trinajstić information content (AvgIpc) is 2.49. The van der Waals surface area contributed by atoms with E-state index < -0.39 is 0 Å². The van der Waals surface area contributed by atoms with Crippen LogP contribution in [0.4, 0.5) is 0 Å². The number of rotatable bonds is 1. The zero-order chi connectivity index (χ0) is 10.3. The van der Waals surface area contributed by atoms with Gasteiger partial charge < -0.3 is 5.32 Å². The van der Waals surface area contributed by atoms with Crippen LogP contribution in [-0.2, 0) is 5.54 Å². The lowest BCUT2D eigenvalue weighted by atomic mass is 9.75. The van der Waals surface area contributed by atoms with Gasteiger partial charge in [0.25, 0.3) is 0 Å². The number of nitrogens with one attached hydrogen (secondary N) is 1. The van der Waals surface area contributed by atoms with Crippen molar-refractivity contribution in [1.29, 1.82) is 0 Å². The number of hydrogen-bond acceptors (Lipinski definition) is 1. The summed E-state index contributed by atoms with van der Waals surface area (Å²) < 4.78 is 0. The Kier molecular flexibility index (Phi) is 2.26. The highest BCUT2D eigenvalue weighted by Crippen LogP contribution is 2.44. The molecule has 2 heteroatoms. The lowest BCUT2D eigenvalue weighted by molar-refractivity contribution is 0.138. The van der Waals surface area contributed by atoms with Crippen molar-refractivity contribution in [2.45, 2.75) is 43.7 Å². The third kappa shape index (κ3) is 1.58. The smallest absolute Gasteiger partial charge is 0.0452 e. The van der Waals surface area contributed by atoms with Crippen molar-refractivity contribution in [3.8, 4) is 0 Å². The highest BCUT2D eigenvalue weighted by molar-refractivity contribution is 6.30. The molecule has 1 aliphatic carbocycles. The number of halogens is 1. The van der Waals surface area contributed by atoms with E-state index >= 15 is 0 Å². The average molecular weight is 222 g/mol. The number of fused-ring (bicyclic) bond motifs is 3. The number of hydrogen-bond donors (Lipinski definition) is 1. The van der Waals surface area contributed by atoms with Crippen molar-refractivity contribution >= 4 is 11.6 Å². The molecule has 0 amide bonds. The Balaban J connectivity index is 1.93. The van der Waals surface area contributed by atoms with Gasteiger partial charge >= 0.3 is 0 Å². The van der Waals surface area contributed by atoms with Gasteiger partial charge in [-0.05, 0) is 37.0 Å². The maximum Gasteiger partial charge on any atom is 0.0452 e. The van der Waals surface area contributed by atoms with Crippen LogP contribution in [0.5, 0.6) is 0 Å². The molecule has 15 heavy (non-hydrogen) atoms. The Bertz CT molecular complexity index is 363. The molecule has 2 unspecified atom stereocenters. The van der Waals surface area contributed by atoms with Crippen LogP contribution < -0.4 is 5.32 Å². The predicted molar refractivity (Wildman–Crippen MR) is 63.1 cm³/mol. The van der Waals surface area contributed by atoms with Gasteiger partial charge in [-0.2, -0.15) is 0 Å². The van der Waals surface area contributed by atoms with Gasteiger partial charge in [0.05, 0.1) is 0 Å². The normalized spacial score (nSPS) is 34.3. The number of benzene rings is 1. The van der Waals surface area contributed by atoms with Gasteiger partial charge in [0.2, 0.25) is 0 Å². The van der Waals surface area contributed by atoms with E-state index in [1.165, 1.54) is 37.7 Å². The fourth-order valence-corrected chi connectivity index (χ4v) is 3.28. The van der Waals surface area contributed by atoms with Gasteiger partial charge in [0, 0.05) is 16.6 Å². The Morgan fingerprint density at radius 1 is 1.33 bits per heavy atom. The topological polar surface area (TPSA) is 12.0 Å². The quantitative estimate of drug-likeness (QED) is 0.766. The van der Waals surface area contributed by atoms with E-state index in [1.54, 1.807) is 0 Å². The zero-order valence-electron chi connectivity index (χ0n) is 8.80. The first-order valence-corrected chi connectivity index (χ1v) is 6.20. The van der Waals surface area contributed by atoms with Crippen LogP contribution in [0.1, 0.15) is 37.7 Å². The summed E-state index contributed by atoms with van der Waals surface area (Å²) in [7, 11) is 0. The van der Waals surface area contributed by atoms with Crippen molar-refractivity contribution in [3.05, 3.63) is 34.9 Å². The van der Waals surface area contributed by atoms with Crippen molar-refractivity contribution in [2.24, 2.45) is 0 Å². The van der Waals surface area contributed by atoms with E-state index in [0.717, 1.165) is 11.1 Å². The SMILES string of the molecule is Clc1cccc(C23CCCCC(C2)N3)c1. The van der Waals surface area contributed by atoms with E-state index in [4.69, 9.17) is 11.6 Å². The predicted octanol–water partition coefficient (Wildman–Crippen LogP) is 3.47. The van der Waals surface area contributed by atoms with Crippen molar-refractivity contribution in [2.75, 3.05) is 0 Å². The largest absolute Gasteiger partial charge is 0.304 e. The molecule has 2 aliphatic heterocycles. The summed E-state index contributed by atoms with van der Waals surface area (Å²) in [5.41, 5.74) is 1.64. The van der Waals surface area contributed by atoms with Gasteiger partial charge in [-0.1, -0.05) is 36.6 Å². The minimum Gasteiger partial charge on any atom is -0.304 e. The molecule has 0 radical (unpaired) electrons. The lowest BCUT2D eigenvalue weighted by Gasteiger charge is -2.48. The second-order valence-electron chi connectivity index (χ2n) is 4.88. The fourth-order valence-electron chi connectivity index (χ4n) is 3.09. The van der Waals surface area contributed by atoms with Crippen molar-refractivity contribution in [3.63, 3.8) is 0 Å². The molecule has 0 aromatic heterocycles. The van der Waals surface area contributed by atoms with Crippen LogP contribution in [0.25, 0.3) is 0 Å². The van der Waals surface area contributed by atoms with Gasteiger partial charge in [-0.15, -0.1) is 0 Å². The fraction of sp³-hybridized carbons (Fsp3) is 0.538. The van der Waals surface area contributed by atoms with Crippen LogP contribution in [0.2, 0.25) is 5.02 Å². The van der Waals surface area contributed by atoms with Gasteiger partial charge in [0.1, 0.15) is 0 Å². The Labute approximate surface area is 95.8 Å². The van der Waals surface area contributed by atoms with Crippen molar-refractivity contribution in [1.82, 2.24) is 5.32 Å². The minimum absolute atomic E-state index is 0.256. The first-order chi connectivity index (χ1) is 7.28. The maximum atomic E-state index is 6.06. The summed E-state index contributed by atoms with van der Waals surface area (Å²) in [4.78, 5) is 0. The molecule has 2 saturated heterocycles. The molecule has 1 nitrogen and oxygen atoms in total. The Morgan fingerprint density at radius 2 is 2.20 bits per heavy atom. The third-order valence-corrected chi connectivity index (χ3v) is 4.09. The summed E-state index contributed by atoms with van der Waals surface area (Å²) in [6.07, 6.45) is 6.63.